The monoisotopic (exact) mass is 347 g/mol. The maximum atomic E-state index is 13.6. The maximum absolute atomic E-state index is 13.6. The van der Waals surface area contributed by atoms with Gasteiger partial charge in [-0.3, -0.25) is 4.79 Å². The predicted molar refractivity (Wildman–Crippen MR) is 67.0 cm³/mol. The molecule has 1 N–H and O–H groups in total. The standard InChI is InChI=1S/C11H10ClF4NO3S/c1-6(5-11(14,15)16)17-10(18)8-3-2-7(4-9(8)13)21(12,19)20/h2-4,6H,5H2,1H3,(H,17,18). The minimum Gasteiger partial charge on any atom is -0.349 e. The van der Waals surface area contributed by atoms with Crippen molar-refractivity contribution in [2.24, 2.45) is 0 Å². The molecule has 1 atom stereocenters. The first-order valence-electron chi connectivity index (χ1n) is 5.52. The van der Waals surface area contributed by atoms with E-state index in [1.807, 2.05) is 5.32 Å². The van der Waals surface area contributed by atoms with Crippen molar-refractivity contribution in [1.29, 1.82) is 0 Å². The van der Waals surface area contributed by atoms with Gasteiger partial charge in [-0.15, -0.1) is 0 Å². The molecular formula is C11H10ClF4NO3S. The number of hydrogen-bond acceptors (Lipinski definition) is 3. The van der Waals surface area contributed by atoms with Crippen molar-refractivity contribution < 1.29 is 30.8 Å². The summed E-state index contributed by atoms with van der Waals surface area (Å²) >= 11 is 0. The molecule has 0 saturated carbocycles. The van der Waals surface area contributed by atoms with Crippen molar-refractivity contribution in [3.63, 3.8) is 0 Å². The largest absolute Gasteiger partial charge is 0.391 e. The molecule has 0 saturated heterocycles. The van der Waals surface area contributed by atoms with Gasteiger partial charge in [-0.05, 0) is 25.1 Å². The molecule has 1 unspecified atom stereocenters. The number of carbonyl (C=O) groups is 1. The van der Waals surface area contributed by atoms with Crippen LogP contribution >= 0.6 is 10.7 Å². The third kappa shape index (κ3) is 5.50. The fraction of sp³-hybridized carbons (Fsp3) is 0.364. The summed E-state index contributed by atoms with van der Waals surface area (Å²) in [6, 6.07) is 0.981. The minimum atomic E-state index is -4.47. The second-order valence-corrected chi connectivity index (χ2v) is 6.84. The fourth-order valence-corrected chi connectivity index (χ4v) is 2.29. The zero-order chi connectivity index (χ0) is 16.4. The van der Waals surface area contributed by atoms with Crippen LogP contribution < -0.4 is 5.32 Å². The van der Waals surface area contributed by atoms with E-state index in [0.29, 0.717) is 6.07 Å². The molecule has 0 bridgehead atoms. The number of alkyl halides is 3. The molecular weight excluding hydrogens is 338 g/mol. The number of carbonyl (C=O) groups excluding carboxylic acids is 1. The molecule has 118 valence electrons. The summed E-state index contributed by atoms with van der Waals surface area (Å²) in [6.07, 6.45) is -5.74. The van der Waals surface area contributed by atoms with Gasteiger partial charge in [0.2, 0.25) is 0 Å². The molecule has 0 aromatic heterocycles. The van der Waals surface area contributed by atoms with E-state index in [1.165, 1.54) is 0 Å². The normalized spacial score (nSPS) is 13.8. The molecule has 0 heterocycles. The van der Waals surface area contributed by atoms with E-state index in [-0.39, 0.29) is 0 Å². The lowest BCUT2D eigenvalue weighted by atomic mass is 10.1. The van der Waals surface area contributed by atoms with Crippen LogP contribution in [-0.2, 0) is 9.05 Å². The highest BCUT2D eigenvalue weighted by atomic mass is 35.7. The molecule has 4 nitrogen and oxygen atoms in total. The average molecular weight is 348 g/mol. The number of amides is 1. The van der Waals surface area contributed by atoms with Crippen LogP contribution in [0.1, 0.15) is 23.7 Å². The minimum absolute atomic E-state index is 0.520. The average Bonchev–Trinajstić information content (AvgIpc) is 2.24. The Morgan fingerprint density at radius 1 is 1.38 bits per heavy atom. The van der Waals surface area contributed by atoms with E-state index >= 15 is 0 Å². The van der Waals surface area contributed by atoms with Gasteiger partial charge < -0.3 is 5.32 Å². The van der Waals surface area contributed by atoms with Crippen LogP contribution in [0.15, 0.2) is 23.1 Å². The molecule has 0 spiro atoms. The van der Waals surface area contributed by atoms with E-state index < -0.39 is 49.9 Å². The Labute approximate surface area is 122 Å². The van der Waals surface area contributed by atoms with Gasteiger partial charge in [0.1, 0.15) is 5.82 Å². The summed E-state index contributed by atoms with van der Waals surface area (Å²) in [5, 5.41) is 1.97. The Morgan fingerprint density at radius 2 is 1.95 bits per heavy atom. The lowest BCUT2D eigenvalue weighted by Crippen LogP contribution is -2.36. The molecule has 21 heavy (non-hydrogen) atoms. The van der Waals surface area contributed by atoms with E-state index in [0.717, 1.165) is 19.1 Å². The van der Waals surface area contributed by atoms with Gasteiger partial charge in [-0.25, -0.2) is 12.8 Å². The number of benzene rings is 1. The third-order valence-electron chi connectivity index (χ3n) is 2.38. The van der Waals surface area contributed by atoms with Crippen LogP contribution in [0.5, 0.6) is 0 Å². The predicted octanol–water partition coefficient (Wildman–Crippen LogP) is 2.82. The number of nitrogens with one attached hydrogen (secondary N) is 1. The lowest BCUT2D eigenvalue weighted by molar-refractivity contribution is -0.138. The molecule has 0 radical (unpaired) electrons. The Hall–Kier alpha value is -1.35. The topological polar surface area (TPSA) is 63.2 Å². The SMILES string of the molecule is CC(CC(F)(F)F)NC(=O)c1ccc(S(=O)(=O)Cl)cc1F. The molecule has 1 aromatic carbocycles. The molecule has 0 aliphatic carbocycles. The number of hydrogen-bond donors (Lipinski definition) is 1. The Bertz CT molecular complexity index is 645. The highest BCUT2D eigenvalue weighted by molar-refractivity contribution is 8.13. The summed E-state index contributed by atoms with van der Waals surface area (Å²) in [5.41, 5.74) is -0.576. The molecule has 1 amide bonds. The van der Waals surface area contributed by atoms with Crippen LogP contribution in [0.4, 0.5) is 17.6 Å². The zero-order valence-electron chi connectivity index (χ0n) is 10.5. The van der Waals surface area contributed by atoms with Crippen LogP contribution in [-0.4, -0.2) is 26.5 Å². The van der Waals surface area contributed by atoms with Gasteiger partial charge in [0.25, 0.3) is 15.0 Å². The number of rotatable bonds is 4. The van der Waals surface area contributed by atoms with Crippen LogP contribution in [0.25, 0.3) is 0 Å². The molecule has 1 aromatic rings. The zero-order valence-corrected chi connectivity index (χ0v) is 12.1. The highest BCUT2D eigenvalue weighted by Crippen LogP contribution is 2.22. The molecule has 0 fully saturated rings. The summed E-state index contributed by atoms with van der Waals surface area (Å²) in [7, 11) is 0.836. The summed E-state index contributed by atoms with van der Waals surface area (Å²) in [4.78, 5) is 11.1. The number of halogens is 5. The summed E-state index contributed by atoms with van der Waals surface area (Å²) in [6.45, 7) is 1.11. The maximum Gasteiger partial charge on any atom is 0.391 e. The molecule has 1 rings (SSSR count). The summed E-state index contributed by atoms with van der Waals surface area (Å²) in [5.74, 6) is -2.28. The second-order valence-electron chi connectivity index (χ2n) is 4.27. The van der Waals surface area contributed by atoms with Gasteiger partial charge in [0.15, 0.2) is 0 Å². The molecule has 0 aliphatic rings. The smallest absolute Gasteiger partial charge is 0.349 e. The van der Waals surface area contributed by atoms with E-state index in [9.17, 15) is 30.8 Å². The van der Waals surface area contributed by atoms with Gasteiger partial charge >= 0.3 is 6.18 Å². The van der Waals surface area contributed by atoms with Crippen LogP contribution in [0.3, 0.4) is 0 Å². The van der Waals surface area contributed by atoms with E-state index in [4.69, 9.17) is 10.7 Å². The third-order valence-corrected chi connectivity index (χ3v) is 3.73. The van der Waals surface area contributed by atoms with Crippen LogP contribution in [0.2, 0.25) is 0 Å². The van der Waals surface area contributed by atoms with Gasteiger partial charge in [-0.2, -0.15) is 13.2 Å². The van der Waals surface area contributed by atoms with E-state index in [1.54, 1.807) is 0 Å². The quantitative estimate of drug-likeness (QED) is 0.673. The fourth-order valence-electron chi connectivity index (χ4n) is 1.53. The second kappa shape index (κ2) is 6.18. The Balaban J connectivity index is 2.89. The Morgan fingerprint density at radius 3 is 2.38 bits per heavy atom. The van der Waals surface area contributed by atoms with Crippen molar-refractivity contribution in [3.8, 4) is 0 Å². The highest BCUT2D eigenvalue weighted by Gasteiger charge is 2.31. The first-order valence-corrected chi connectivity index (χ1v) is 7.83. The van der Waals surface area contributed by atoms with Crippen molar-refractivity contribution >= 4 is 25.6 Å². The van der Waals surface area contributed by atoms with Gasteiger partial charge in [0.05, 0.1) is 16.9 Å². The first kappa shape index (κ1) is 17.7. The van der Waals surface area contributed by atoms with Crippen molar-refractivity contribution in [2.45, 2.75) is 30.5 Å². The van der Waals surface area contributed by atoms with Crippen molar-refractivity contribution in [3.05, 3.63) is 29.6 Å². The van der Waals surface area contributed by atoms with E-state index in [2.05, 4.69) is 0 Å². The van der Waals surface area contributed by atoms with Crippen LogP contribution in [0, 0.1) is 5.82 Å². The van der Waals surface area contributed by atoms with Crippen molar-refractivity contribution in [1.82, 2.24) is 5.32 Å². The lowest BCUT2D eigenvalue weighted by Gasteiger charge is -2.16. The molecule has 10 heteroatoms. The first-order chi connectivity index (χ1) is 9.40. The van der Waals surface area contributed by atoms with Gasteiger partial charge in [0, 0.05) is 16.7 Å². The van der Waals surface area contributed by atoms with Crippen molar-refractivity contribution in [2.75, 3.05) is 0 Å². The Kier molecular flexibility index (Phi) is 5.21. The summed E-state index contributed by atoms with van der Waals surface area (Å²) < 4.78 is 71.9. The van der Waals surface area contributed by atoms with Gasteiger partial charge in [-0.1, -0.05) is 0 Å². The molecule has 0 aliphatic heterocycles.